The number of para-hydroxylation sites is 1. The van der Waals surface area contributed by atoms with E-state index < -0.39 is 0 Å². The molecule has 1 heterocycles. The molecule has 5 nitrogen and oxygen atoms in total. The van der Waals surface area contributed by atoms with Crippen LogP contribution in [0.25, 0.3) is 5.69 Å². The summed E-state index contributed by atoms with van der Waals surface area (Å²) in [6.07, 6.45) is 1.65. The Kier molecular flexibility index (Phi) is 3.99. The number of hydrogen-bond acceptors (Lipinski definition) is 4. The molecule has 1 aromatic heterocycles. The summed E-state index contributed by atoms with van der Waals surface area (Å²) < 4.78 is 1.87. The molecular formula is C12H14N4OS. The summed E-state index contributed by atoms with van der Waals surface area (Å²) >= 11 is 1.38. The molecule has 0 aliphatic carbocycles. The normalized spacial score (nSPS) is 12.1. The van der Waals surface area contributed by atoms with E-state index in [0.717, 1.165) is 5.69 Å². The molecule has 0 saturated carbocycles. The average Bonchev–Trinajstić information content (AvgIpc) is 2.86. The molecule has 0 aliphatic rings. The van der Waals surface area contributed by atoms with Crippen molar-refractivity contribution in [2.75, 3.05) is 7.05 Å². The number of thioether (sulfide) groups is 1. The van der Waals surface area contributed by atoms with Gasteiger partial charge < -0.3 is 5.32 Å². The number of aromatic nitrogens is 3. The van der Waals surface area contributed by atoms with Crippen molar-refractivity contribution in [3.8, 4) is 5.69 Å². The Labute approximate surface area is 110 Å². The van der Waals surface area contributed by atoms with Crippen LogP contribution in [0, 0.1) is 0 Å². The van der Waals surface area contributed by atoms with Gasteiger partial charge in [0.1, 0.15) is 6.33 Å². The molecule has 2 aromatic rings. The Hall–Kier alpha value is -1.82. The SMILES string of the molecule is CNC(=O)C(C)Sc1nncn1-c1ccccc1. The first-order valence-electron chi connectivity index (χ1n) is 5.56. The molecule has 1 unspecified atom stereocenters. The number of carbonyl (C=O) groups is 1. The fourth-order valence-corrected chi connectivity index (χ4v) is 2.39. The summed E-state index contributed by atoms with van der Waals surface area (Å²) in [6.45, 7) is 1.84. The van der Waals surface area contributed by atoms with E-state index in [1.165, 1.54) is 11.8 Å². The molecule has 0 spiro atoms. The maximum atomic E-state index is 11.5. The molecule has 0 radical (unpaired) electrons. The lowest BCUT2D eigenvalue weighted by Crippen LogP contribution is -2.27. The first-order chi connectivity index (χ1) is 8.72. The van der Waals surface area contributed by atoms with E-state index in [9.17, 15) is 4.79 Å². The fraction of sp³-hybridized carbons (Fsp3) is 0.250. The van der Waals surface area contributed by atoms with Crippen LogP contribution in [0.4, 0.5) is 0 Å². The molecule has 1 N–H and O–H groups in total. The highest BCUT2D eigenvalue weighted by atomic mass is 32.2. The highest BCUT2D eigenvalue weighted by Crippen LogP contribution is 2.23. The van der Waals surface area contributed by atoms with E-state index in [2.05, 4.69) is 15.5 Å². The minimum atomic E-state index is -0.207. The van der Waals surface area contributed by atoms with Crippen molar-refractivity contribution in [3.05, 3.63) is 36.7 Å². The predicted octanol–water partition coefficient (Wildman–Crippen LogP) is 1.49. The molecular weight excluding hydrogens is 248 g/mol. The molecule has 0 saturated heterocycles. The Morgan fingerprint density at radius 1 is 1.39 bits per heavy atom. The number of nitrogens with zero attached hydrogens (tertiary/aromatic N) is 3. The van der Waals surface area contributed by atoms with Gasteiger partial charge in [0, 0.05) is 12.7 Å². The average molecular weight is 262 g/mol. The molecule has 0 fully saturated rings. The second kappa shape index (κ2) is 5.68. The predicted molar refractivity (Wildman–Crippen MR) is 70.7 cm³/mol. The van der Waals surface area contributed by atoms with E-state index in [1.807, 2.05) is 41.8 Å². The van der Waals surface area contributed by atoms with E-state index >= 15 is 0 Å². The van der Waals surface area contributed by atoms with E-state index in [1.54, 1.807) is 13.4 Å². The van der Waals surface area contributed by atoms with Crippen LogP contribution in [-0.2, 0) is 4.79 Å². The van der Waals surface area contributed by atoms with Crippen LogP contribution in [0.15, 0.2) is 41.8 Å². The van der Waals surface area contributed by atoms with Gasteiger partial charge in [-0.05, 0) is 19.1 Å². The van der Waals surface area contributed by atoms with Crippen LogP contribution in [-0.4, -0.2) is 33.0 Å². The number of benzene rings is 1. The van der Waals surface area contributed by atoms with Gasteiger partial charge >= 0.3 is 0 Å². The smallest absolute Gasteiger partial charge is 0.233 e. The monoisotopic (exact) mass is 262 g/mol. The fourth-order valence-electron chi connectivity index (χ4n) is 1.49. The standard InChI is InChI=1S/C12H14N4OS/c1-9(11(17)13-2)18-12-15-14-8-16(12)10-6-4-3-5-7-10/h3-9H,1-2H3,(H,13,17). The number of nitrogens with one attached hydrogen (secondary N) is 1. The Morgan fingerprint density at radius 2 is 2.11 bits per heavy atom. The van der Waals surface area contributed by atoms with Gasteiger partial charge in [-0.2, -0.15) is 0 Å². The van der Waals surface area contributed by atoms with E-state index in [4.69, 9.17) is 0 Å². The first kappa shape index (κ1) is 12.6. The maximum absolute atomic E-state index is 11.5. The molecule has 0 bridgehead atoms. The molecule has 18 heavy (non-hydrogen) atoms. The minimum absolute atomic E-state index is 0.0254. The van der Waals surface area contributed by atoms with Gasteiger partial charge in [0.25, 0.3) is 0 Å². The van der Waals surface area contributed by atoms with Gasteiger partial charge in [-0.1, -0.05) is 30.0 Å². The summed E-state index contributed by atoms with van der Waals surface area (Å²) in [5, 5.41) is 11.1. The van der Waals surface area contributed by atoms with Crippen LogP contribution in [0.5, 0.6) is 0 Å². The Balaban J connectivity index is 2.21. The number of rotatable bonds is 4. The third-order valence-corrected chi connectivity index (χ3v) is 3.51. The van der Waals surface area contributed by atoms with Gasteiger partial charge in [0.15, 0.2) is 5.16 Å². The van der Waals surface area contributed by atoms with Crippen LogP contribution >= 0.6 is 11.8 Å². The number of carbonyl (C=O) groups excluding carboxylic acids is 1. The molecule has 1 aromatic carbocycles. The molecule has 2 rings (SSSR count). The van der Waals surface area contributed by atoms with Crippen molar-refractivity contribution in [2.24, 2.45) is 0 Å². The second-order valence-electron chi connectivity index (χ2n) is 3.69. The van der Waals surface area contributed by atoms with Gasteiger partial charge in [-0.3, -0.25) is 9.36 Å². The number of hydrogen-bond donors (Lipinski definition) is 1. The topological polar surface area (TPSA) is 59.8 Å². The Morgan fingerprint density at radius 3 is 2.78 bits per heavy atom. The van der Waals surface area contributed by atoms with Crippen molar-refractivity contribution in [2.45, 2.75) is 17.3 Å². The molecule has 6 heteroatoms. The first-order valence-corrected chi connectivity index (χ1v) is 6.44. The quantitative estimate of drug-likeness (QED) is 0.848. The third-order valence-electron chi connectivity index (χ3n) is 2.45. The Bertz CT molecular complexity index is 526. The summed E-state index contributed by atoms with van der Waals surface area (Å²) in [7, 11) is 1.63. The van der Waals surface area contributed by atoms with Gasteiger partial charge in [-0.15, -0.1) is 10.2 Å². The van der Waals surface area contributed by atoms with Crippen LogP contribution in [0.3, 0.4) is 0 Å². The lowest BCUT2D eigenvalue weighted by Gasteiger charge is -2.10. The minimum Gasteiger partial charge on any atom is -0.358 e. The summed E-state index contributed by atoms with van der Waals surface area (Å²) in [6, 6.07) is 9.79. The largest absolute Gasteiger partial charge is 0.358 e. The van der Waals surface area contributed by atoms with E-state index in [0.29, 0.717) is 5.16 Å². The van der Waals surface area contributed by atoms with Crippen molar-refractivity contribution in [3.63, 3.8) is 0 Å². The van der Waals surface area contributed by atoms with Crippen molar-refractivity contribution in [1.82, 2.24) is 20.1 Å². The molecule has 1 atom stereocenters. The van der Waals surface area contributed by atoms with E-state index in [-0.39, 0.29) is 11.2 Å². The lowest BCUT2D eigenvalue weighted by atomic mass is 10.3. The zero-order chi connectivity index (χ0) is 13.0. The van der Waals surface area contributed by atoms with Crippen molar-refractivity contribution < 1.29 is 4.79 Å². The van der Waals surface area contributed by atoms with Gasteiger partial charge in [0.2, 0.25) is 5.91 Å². The summed E-state index contributed by atoms with van der Waals surface area (Å²) in [5.41, 5.74) is 0.981. The van der Waals surface area contributed by atoms with Crippen molar-refractivity contribution >= 4 is 17.7 Å². The molecule has 94 valence electrons. The zero-order valence-electron chi connectivity index (χ0n) is 10.2. The van der Waals surface area contributed by atoms with Crippen LogP contribution in [0.1, 0.15) is 6.92 Å². The zero-order valence-corrected chi connectivity index (χ0v) is 11.0. The van der Waals surface area contributed by atoms with Gasteiger partial charge in [0.05, 0.1) is 5.25 Å². The highest BCUT2D eigenvalue weighted by Gasteiger charge is 2.16. The van der Waals surface area contributed by atoms with Gasteiger partial charge in [-0.25, -0.2) is 0 Å². The molecule has 1 amide bonds. The van der Waals surface area contributed by atoms with Crippen molar-refractivity contribution in [1.29, 1.82) is 0 Å². The van der Waals surface area contributed by atoms with Crippen LogP contribution in [0.2, 0.25) is 0 Å². The second-order valence-corrected chi connectivity index (χ2v) is 5.00. The lowest BCUT2D eigenvalue weighted by molar-refractivity contribution is -0.119. The van der Waals surface area contributed by atoms with Crippen LogP contribution < -0.4 is 5.32 Å². The summed E-state index contributed by atoms with van der Waals surface area (Å²) in [5.74, 6) is -0.0254. The summed E-state index contributed by atoms with van der Waals surface area (Å²) in [4.78, 5) is 11.5. The third kappa shape index (κ3) is 2.70. The number of amides is 1. The highest BCUT2D eigenvalue weighted by molar-refractivity contribution is 8.00. The molecule has 0 aliphatic heterocycles. The maximum Gasteiger partial charge on any atom is 0.233 e.